The molecule has 0 aliphatic carbocycles. The molecule has 2 aliphatic heterocycles. The summed E-state index contributed by atoms with van der Waals surface area (Å²) in [6.45, 7) is 1.33. The van der Waals surface area contributed by atoms with Crippen LogP contribution in [-0.2, 0) is 4.79 Å². The van der Waals surface area contributed by atoms with E-state index in [1.165, 1.54) is 0 Å². The third-order valence-electron chi connectivity index (χ3n) is 6.27. The molecule has 2 saturated heterocycles. The summed E-state index contributed by atoms with van der Waals surface area (Å²) in [7, 11) is 0. The van der Waals surface area contributed by atoms with Gasteiger partial charge in [0.2, 0.25) is 5.91 Å². The number of benzene rings is 2. The summed E-state index contributed by atoms with van der Waals surface area (Å²) >= 11 is 0. The molecule has 142 valence electrons. The van der Waals surface area contributed by atoms with Gasteiger partial charge in [0.25, 0.3) is 5.91 Å². The average molecular weight is 373 g/mol. The number of nitrogens with zero attached hydrogens (tertiary/aromatic N) is 1. The molecule has 2 fully saturated rings. The quantitative estimate of drug-likeness (QED) is 0.723. The Morgan fingerprint density at radius 1 is 1.00 bits per heavy atom. The topological polar surface area (TPSA) is 65.2 Å². The van der Waals surface area contributed by atoms with Gasteiger partial charge >= 0.3 is 0 Å². The van der Waals surface area contributed by atoms with E-state index < -0.39 is 0 Å². The fourth-order valence-corrected chi connectivity index (χ4v) is 4.66. The summed E-state index contributed by atoms with van der Waals surface area (Å²) < 4.78 is 0. The number of carbonyl (C=O) groups excluding carboxylic acids is 2. The molecule has 5 rings (SSSR count). The fourth-order valence-electron chi connectivity index (χ4n) is 4.66. The monoisotopic (exact) mass is 373 g/mol. The van der Waals surface area contributed by atoms with Gasteiger partial charge in [-0.1, -0.05) is 48.5 Å². The maximum absolute atomic E-state index is 12.9. The van der Waals surface area contributed by atoms with Crippen molar-refractivity contribution in [1.82, 2.24) is 15.2 Å². The summed E-state index contributed by atoms with van der Waals surface area (Å²) in [6, 6.07) is 19.8. The second-order valence-electron chi connectivity index (χ2n) is 8.00. The fraction of sp³-hybridized carbons (Fsp3) is 0.304. The lowest BCUT2D eigenvalue weighted by atomic mass is 9.82. The van der Waals surface area contributed by atoms with Crippen LogP contribution in [-0.4, -0.2) is 40.3 Å². The van der Waals surface area contributed by atoms with Gasteiger partial charge in [-0.3, -0.25) is 9.59 Å². The van der Waals surface area contributed by atoms with E-state index in [0.717, 1.165) is 35.7 Å². The van der Waals surface area contributed by atoms with Crippen LogP contribution in [0.3, 0.4) is 0 Å². The van der Waals surface area contributed by atoms with Gasteiger partial charge in [0, 0.05) is 29.5 Å². The Kier molecular flexibility index (Phi) is 3.97. The van der Waals surface area contributed by atoms with Crippen molar-refractivity contribution in [3.8, 4) is 0 Å². The molecule has 2 aromatic carbocycles. The van der Waals surface area contributed by atoms with Gasteiger partial charge in [-0.2, -0.15) is 0 Å². The number of likely N-dealkylation sites (tertiary alicyclic amines) is 1. The van der Waals surface area contributed by atoms with Crippen LogP contribution >= 0.6 is 0 Å². The number of amides is 2. The predicted molar refractivity (Wildman–Crippen MR) is 108 cm³/mol. The van der Waals surface area contributed by atoms with Gasteiger partial charge in [0.15, 0.2) is 0 Å². The molecule has 2 aliphatic rings. The van der Waals surface area contributed by atoms with Crippen LogP contribution in [0.1, 0.15) is 41.2 Å². The Morgan fingerprint density at radius 2 is 1.71 bits per heavy atom. The molecule has 5 nitrogen and oxygen atoms in total. The Balaban J connectivity index is 1.28. The molecular formula is C23H23N3O2. The Hall–Kier alpha value is -3.08. The van der Waals surface area contributed by atoms with Crippen LogP contribution in [0, 0.1) is 0 Å². The second-order valence-corrected chi connectivity index (χ2v) is 8.00. The highest BCUT2D eigenvalue weighted by Gasteiger charge is 2.46. The number of hydrogen-bond donors (Lipinski definition) is 2. The number of rotatable bonds is 2. The minimum atomic E-state index is -0.186. The number of hydrogen-bond acceptors (Lipinski definition) is 2. The van der Waals surface area contributed by atoms with Gasteiger partial charge in [-0.25, -0.2) is 0 Å². The molecule has 0 bridgehead atoms. The summed E-state index contributed by atoms with van der Waals surface area (Å²) in [5.41, 5.74) is 2.51. The molecule has 1 spiro atoms. The van der Waals surface area contributed by atoms with E-state index in [9.17, 15) is 9.59 Å². The lowest BCUT2D eigenvalue weighted by molar-refractivity contribution is -0.121. The normalized spacial score (nSPS) is 21.2. The lowest BCUT2D eigenvalue weighted by Crippen LogP contribution is -2.52. The Bertz CT molecular complexity index is 999. The molecule has 0 saturated carbocycles. The van der Waals surface area contributed by atoms with Crippen molar-refractivity contribution in [3.63, 3.8) is 0 Å². The average Bonchev–Trinajstić information content (AvgIpc) is 3.30. The SMILES string of the molecule is O=C1NC2(CCN(C(=O)c3cc4ccccc4[nH]3)CC2)C[C@@H]1c1ccccc1. The van der Waals surface area contributed by atoms with Crippen molar-refractivity contribution >= 4 is 22.7 Å². The van der Waals surface area contributed by atoms with E-state index in [0.29, 0.717) is 18.8 Å². The maximum atomic E-state index is 12.9. The number of carbonyl (C=O) groups is 2. The minimum absolute atomic E-state index is 0.0370. The largest absolute Gasteiger partial charge is 0.351 e. The number of aromatic nitrogens is 1. The predicted octanol–water partition coefficient (Wildman–Crippen LogP) is 3.45. The van der Waals surface area contributed by atoms with E-state index in [1.807, 2.05) is 65.6 Å². The molecule has 3 aromatic rings. The highest BCUT2D eigenvalue weighted by Crippen LogP contribution is 2.39. The first-order chi connectivity index (χ1) is 13.6. The minimum Gasteiger partial charge on any atom is -0.351 e. The zero-order chi connectivity index (χ0) is 19.1. The van der Waals surface area contributed by atoms with E-state index in [1.54, 1.807) is 0 Å². The molecule has 5 heteroatoms. The van der Waals surface area contributed by atoms with E-state index in [4.69, 9.17) is 0 Å². The van der Waals surface area contributed by atoms with Crippen molar-refractivity contribution in [2.24, 2.45) is 0 Å². The first-order valence-electron chi connectivity index (χ1n) is 9.88. The van der Waals surface area contributed by atoms with Gasteiger partial charge in [0.1, 0.15) is 5.69 Å². The third-order valence-corrected chi connectivity index (χ3v) is 6.27. The number of aromatic amines is 1. The first-order valence-corrected chi connectivity index (χ1v) is 9.88. The van der Waals surface area contributed by atoms with Gasteiger partial charge in [-0.15, -0.1) is 0 Å². The van der Waals surface area contributed by atoms with Crippen molar-refractivity contribution in [3.05, 3.63) is 71.9 Å². The number of fused-ring (bicyclic) bond motifs is 1. The summed E-state index contributed by atoms with van der Waals surface area (Å²) in [6.07, 6.45) is 2.41. The lowest BCUT2D eigenvalue weighted by Gasteiger charge is -2.39. The molecular weight excluding hydrogens is 350 g/mol. The molecule has 2 amide bonds. The Morgan fingerprint density at radius 3 is 2.46 bits per heavy atom. The number of H-pyrrole nitrogens is 1. The van der Waals surface area contributed by atoms with Crippen molar-refractivity contribution in [1.29, 1.82) is 0 Å². The molecule has 0 unspecified atom stereocenters. The van der Waals surface area contributed by atoms with Crippen molar-refractivity contribution in [2.75, 3.05) is 13.1 Å². The molecule has 3 heterocycles. The molecule has 28 heavy (non-hydrogen) atoms. The van der Waals surface area contributed by atoms with E-state index in [-0.39, 0.29) is 23.3 Å². The van der Waals surface area contributed by atoms with Crippen molar-refractivity contribution < 1.29 is 9.59 Å². The van der Waals surface area contributed by atoms with Crippen LogP contribution in [0.5, 0.6) is 0 Å². The van der Waals surface area contributed by atoms with Crippen LogP contribution < -0.4 is 5.32 Å². The number of para-hydroxylation sites is 1. The van der Waals surface area contributed by atoms with Crippen LogP contribution in [0.15, 0.2) is 60.7 Å². The van der Waals surface area contributed by atoms with Crippen LogP contribution in [0.4, 0.5) is 0 Å². The van der Waals surface area contributed by atoms with Gasteiger partial charge in [-0.05, 0) is 37.0 Å². The van der Waals surface area contributed by atoms with Crippen molar-refractivity contribution in [2.45, 2.75) is 30.7 Å². The third kappa shape index (κ3) is 2.87. The zero-order valence-corrected chi connectivity index (χ0v) is 15.7. The van der Waals surface area contributed by atoms with Crippen LogP contribution in [0.25, 0.3) is 10.9 Å². The van der Waals surface area contributed by atoms with Gasteiger partial charge in [0.05, 0.1) is 5.92 Å². The van der Waals surface area contributed by atoms with Crippen LogP contribution in [0.2, 0.25) is 0 Å². The molecule has 1 aromatic heterocycles. The smallest absolute Gasteiger partial charge is 0.270 e. The summed E-state index contributed by atoms with van der Waals surface area (Å²) in [5, 5.41) is 4.30. The molecule has 0 radical (unpaired) electrons. The maximum Gasteiger partial charge on any atom is 0.270 e. The molecule has 2 N–H and O–H groups in total. The highest BCUT2D eigenvalue weighted by molar-refractivity contribution is 5.98. The molecule has 1 atom stereocenters. The second kappa shape index (κ2) is 6.51. The Labute approximate surface area is 163 Å². The summed E-state index contributed by atoms with van der Waals surface area (Å²) in [5.74, 6) is 0.0636. The standard InChI is InChI=1S/C23H23N3O2/c27-21-18(16-6-2-1-3-7-16)15-23(25-21)10-12-26(13-11-23)22(28)20-14-17-8-4-5-9-19(17)24-20/h1-9,14,18,24H,10-13,15H2,(H,25,27)/t18-/m1/s1. The zero-order valence-electron chi connectivity index (χ0n) is 15.7. The van der Waals surface area contributed by atoms with E-state index in [2.05, 4.69) is 10.3 Å². The first kappa shape index (κ1) is 17.0. The van der Waals surface area contributed by atoms with E-state index >= 15 is 0 Å². The van der Waals surface area contributed by atoms with Gasteiger partial charge < -0.3 is 15.2 Å². The number of piperidine rings is 1. The number of nitrogens with one attached hydrogen (secondary N) is 2. The highest BCUT2D eigenvalue weighted by atomic mass is 16.2. The summed E-state index contributed by atoms with van der Waals surface area (Å²) in [4.78, 5) is 30.6.